The van der Waals surface area contributed by atoms with Crippen LogP contribution in [0.5, 0.6) is 5.75 Å². The molecule has 0 bridgehead atoms. The van der Waals surface area contributed by atoms with E-state index in [0.29, 0.717) is 11.4 Å². The van der Waals surface area contributed by atoms with Crippen LogP contribution in [-0.4, -0.2) is 37.2 Å². The molecule has 29 heavy (non-hydrogen) atoms. The number of carbonyl (C=O) groups excluding carboxylic acids is 2. The maximum atomic E-state index is 14.3. The average molecular weight is 421 g/mol. The average Bonchev–Trinajstić information content (AvgIpc) is 3.10. The minimum absolute atomic E-state index is 0.0130. The maximum absolute atomic E-state index is 14.3. The second-order valence-corrected chi connectivity index (χ2v) is 7.37. The maximum Gasteiger partial charge on any atom is 0.227 e. The van der Waals surface area contributed by atoms with Crippen LogP contribution < -0.4 is 15.0 Å². The molecule has 2 atom stereocenters. The van der Waals surface area contributed by atoms with Crippen LogP contribution in [0.2, 0.25) is 5.02 Å². The number of carbonyl (C=O) groups is 2. The van der Waals surface area contributed by atoms with E-state index in [9.17, 15) is 19.1 Å². The molecule has 0 radical (unpaired) electrons. The first-order valence-electron chi connectivity index (χ1n) is 9.15. The van der Waals surface area contributed by atoms with Crippen molar-refractivity contribution in [1.82, 2.24) is 5.32 Å². The van der Waals surface area contributed by atoms with Crippen LogP contribution in [0.3, 0.4) is 0 Å². The number of aryl methyl sites for hydroxylation is 1. The molecular formula is C21H22ClFN2O4. The molecule has 0 saturated carbocycles. The fraction of sp³-hybridized carbons (Fsp3) is 0.333. The number of hydrogen-bond acceptors (Lipinski definition) is 4. The van der Waals surface area contributed by atoms with Gasteiger partial charge in [0.2, 0.25) is 11.8 Å². The smallest absolute Gasteiger partial charge is 0.227 e. The van der Waals surface area contributed by atoms with Crippen molar-refractivity contribution < 1.29 is 23.8 Å². The third-order valence-corrected chi connectivity index (χ3v) is 5.27. The van der Waals surface area contributed by atoms with Crippen molar-refractivity contribution in [3.8, 4) is 5.75 Å². The van der Waals surface area contributed by atoms with Crippen LogP contribution in [0.15, 0.2) is 36.4 Å². The third kappa shape index (κ3) is 4.36. The van der Waals surface area contributed by atoms with Gasteiger partial charge in [0, 0.05) is 18.5 Å². The Morgan fingerprint density at radius 3 is 2.86 bits per heavy atom. The summed E-state index contributed by atoms with van der Waals surface area (Å²) in [5.41, 5.74) is 1.65. The molecule has 2 aromatic carbocycles. The lowest BCUT2D eigenvalue weighted by Gasteiger charge is -2.22. The number of nitrogens with one attached hydrogen (secondary N) is 1. The summed E-state index contributed by atoms with van der Waals surface area (Å²) in [5.74, 6) is -1.43. The van der Waals surface area contributed by atoms with Crippen LogP contribution >= 0.6 is 11.6 Å². The van der Waals surface area contributed by atoms with Gasteiger partial charge < -0.3 is 20.1 Å². The summed E-state index contributed by atoms with van der Waals surface area (Å²) in [6.07, 6.45) is 0.0130. The molecule has 1 aliphatic heterocycles. The van der Waals surface area contributed by atoms with Gasteiger partial charge >= 0.3 is 0 Å². The molecule has 2 N–H and O–H groups in total. The summed E-state index contributed by atoms with van der Waals surface area (Å²) < 4.78 is 19.6. The van der Waals surface area contributed by atoms with Crippen molar-refractivity contribution in [2.45, 2.75) is 19.4 Å². The topological polar surface area (TPSA) is 78.9 Å². The lowest BCUT2D eigenvalue weighted by molar-refractivity contribution is -0.127. The highest BCUT2D eigenvalue weighted by atomic mass is 35.5. The van der Waals surface area contributed by atoms with E-state index in [-0.39, 0.29) is 29.5 Å². The summed E-state index contributed by atoms with van der Waals surface area (Å²) in [6.45, 7) is 1.57. The summed E-state index contributed by atoms with van der Waals surface area (Å²) in [4.78, 5) is 26.8. The number of aliphatic hydroxyl groups excluding tert-OH is 1. The number of aliphatic hydroxyl groups is 1. The summed E-state index contributed by atoms with van der Waals surface area (Å²) >= 11 is 5.79. The number of hydrogen-bond donors (Lipinski definition) is 2. The van der Waals surface area contributed by atoms with Crippen LogP contribution in [0, 0.1) is 18.7 Å². The van der Waals surface area contributed by atoms with E-state index in [4.69, 9.17) is 16.3 Å². The molecule has 154 valence electrons. The van der Waals surface area contributed by atoms with Crippen molar-refractivity contribution in [3.63, 3.8) is 0 Å². The molecule has 0 spiro atoms. The lowest BCUT2D eigenvalue weighted by atomic mass is 10.0. The second-order valence-electron chi connectivity index (χ2n) is 6.97. The predicted molar refractivity (Wildman–Crippen MR) is 108 cm³/mol. The molecule has 1 fully saturated rings. The number of anilines is 1. The van der Waals surface area contributed by atoms with Gasteiger partial charge in [0.05, 0.1) is 36.4 Å². The number of methoxy groups -OCH3 is 1. The van der Waals surface area contributed by atoms with Gasteiger partial charge in [0.25, 0.3) is 0 Å². The Kier molecular flexibility index (Phi) is 6.39. The van der Waals surface area contributed by atoms with E-state index in [2.05, 4.69) is 5.32 Å². The van der Waals surface area contributed by atoms with E-state index in [1.165, 1.54) is 24.1 Å². The molecular weight excluding hydrogens is 399 g/mol. The Bertz CT molecular complexity index is 937. The normalized spacial score (nSPS) is 17.3. The molecule has 0 unspecified atom stereocenters. The minimum atomic E-state index is -0.959. The molecule has 1 heterocycles. The fourth-order valence-corrected chi connectivity index (χ4v) is 3.61. The highest BCUT2D eigenvalue weighted by Crippen LogP contribution is 2.34. The summed E-state index contributed by atoms with van der Waals surface area (Å²) in [7, 11) is 1.52. The Balaban J connectivity index is 1.76. The number of nitrogens with zero attached hydrogens (tertiary/aromatic N) is 1. The molecule has 1 saturated heterocycles. The Morgan fingerprint density at radius 1 is 1.41 bits per heavy atom. The number of halogens is 2. The van der Waals surface area contributed by atoms with Gasteiger partial charge in [0.1, 0.15) is 11.6 Å². The van der Waals surface area contributed by atoms with E-state index < -0.39 is 30.3 Å². The summed E-state index contributed by atoms with van der Waals surface area (Å²) in [6, 6.07) is 8.90. The standard InChI is InChI=1S/C21H22ClFN2O4/c1-12-6-7-18(29-2)17(8-12)25-10-13(9-19(25)27)21(28)24-16(11-26)14-4-3-5-15(22)20(14)23/h3-8,13,16,26H,9-11H2,1-2H3,(H,24,28)/t13-,16+/m0/s1. The molecule has 1 aliphatic rings. The fourth-order valence-electron chi connectivity index (χ4n) is 3.43. The zero-order valence-electron chi connectivity index (χ0n) is 16.1. The molecule has 2 aromatic rings. The Morgan fingerprint density at radius 2 is 2.17 bits per heavy atom. The zero-order valence-corrected chi connectivity index (χ0v) is 16.9. The SMILES string of the molecule is COc1ccc(C)cc1N1C[C@@H](C(=O)N[C@H](CO)c2cccc(Cl)c2F)CC1=O. The van der Waals surface area contributed by atoms with Gasteiger partial charge in [0.15, 0.2) is 0 Å². The largest absolute Gasteiger partial charge is 0.495 e. The van der Waals surface area contributed by atoms with Crippen molar-refractivity contribution in [3.05, 3.63) is 58.4 Å². The van der Waals surface area contributed by atoms with Crippen molar-refractivity contribution in [2.75, 3.05) is 25.2 Å². The molecule has 6 nitrogen and oxygen atoms in total. The monoisotopic (exact) mass is 420 g/mol. The summed E-state index contributed by atoms with van der Waals surface area (Å²) in [5, 5.41) is 12.2. The Labute approximate surface area is 173 Å². The van der Waals surface area contributed by atoms with Crippen LogP contribution in [0.4, 0.5) is 10.1 Å². The van der Waals surface area contributed by atoms with Crippen LogP contribution in [0.1, 0.15) is 23.6 Å². The van der Waals surface area contributed by atoms with Crippen molar-refractivity contribution in [1.29, 1.82) is 0 Å². The van der Waals surface area contributed by atoms with Gasteiger partial charge in [-0.2, -0.15) is 0 Å². The van der Waals surface area contributed by atoms with E-state index in [1.54, 1.807) is 12.1 Å². The van der Waals surface area contributed by atoms with Gasteiger partial charge in [-0.05, 0) is 30.7 Å². The van der Waals surface area contributed by atoms with Crippen molar-refractivity contribution in [2.24, 2.45) is 5.92 Å². The van der Waals surface area contributed by atoms with Gasteiger partial charge in [-0.3, -0.25) is 9.59 Å². The van der Waals surface area contributed by atoms with Crippen LogP contribution in [-0.2, 0) is 9.59 Å². The number of rotatable bonds is 6. The third-order valence-electron chi connectivity index (χ3n) is 4.98. The highest BCUT2D eigenvalue weighted by Gasteiger charge is 2.37. The molecule has 2 amide bonds. The number of benzene rings is 2. The molecule has 8 heteroatoms. The first kappa shape index (κ1) is 21.1. The minimum Gasteiger partial charge on any atom is -0.495 e. The van der Waals surface area contributed by atoms with E-state index in [1.807, 2.05) is 19.1 Å². The second kappa shape index (κ2) is 8.80. The van der Waals surface area contributed by atoms with Crippen molar-refractivity contribution >= 4 is 29.1 Å². The van der Waals surface area contributed by atoms with E-state index in [0.717, 1.165) is 5.56 Å². The van der Waals surface area contributed by atoms with Crippen LogP contribution in [0.25, 0.3) is 0 Å². The van der Waals surface area contributed by atoms with E-state index >= 15 is 0 Å². The van der Waals surface area contributed by atoms with Gasteiger partial charge in [-0.15, -0.1) is 0 Å². The quantitative estimate of drug-likeness (QED) is 0.753. The molecule has 0 aromatic heterocycles. The number of ether oxygens (including phenoxy) is 1. The van der Waals surface area contributed by atoms with Gasteiger partial charge in [-0.1, -0.05) is 29.8 Å². The first-order chi connectivity index (χ1) is 13.8. The van der Waals surface area contributed by atoms with Gasteiger partial charge in [-0.25, -0.2) is 4.39 Å². The predicted octanol–water partition coefficient (Wildman–Crippen LogP) is 3.00. The Hall–Kier alpha value is -2.64. The lowest BCUT2D eigenvalue weighted by Crippen LogP contribution is -2.37. The zero-order chi connectivity index (χ0) is 21.1. The molecule has 3 rings (SSSR count). The number of amides is 2. The molecule has 0 aliphatic carbocycles. The first-order valence-corrected chi connectivity index (χ1v) is 9.53. The highest BCUT2D eigenvalue weighted by molar-refractivity contribution is 6.30.